The highest BCUT2D eigenvalue weighted by atomic mass is 16.3. The molecule has 0 atom stereocenters. The summed E-state index contributed by atoms with van der Waals surface area (Å²) in [6.45, 7) is 2.40. The Kier molecular flexibility index (Phi) is 2.57. The van der Waals surface area contributed by atoms with Crippen molar-refractivity contribution in [3.8, 4) is 0 Å². The number of ketones is 1. The molecular weight excluding hydrogens is 122 g/mol. The molecule has 0 aliphatic heterocycles. The fraction of sp³-hybridized carbons (Fsp3) is 0.400. The second-order valence-electron chi connectivity index (χ2n) is 1.58. The van der Waals surface area contributed by atoms with E-state index in [1.807, 2.05) is 0 Å². The number of aliphatic hydroxyl groups is 1. The van der Waals surface area contributed by atoms with Gasteiger partial charge in [-0.25, -0.2) is 0 Å². The average molecular weight is 129 g/mol. The van der Waals surface area contributed by atoms with Crippen LogP contribution in [0.25, 0.3) is 0 Å². The van der Waals surface area contributed by atoms with E-state index in [2.05, 4.69) is 5.18 Å². The molecule has 0 fully saturated rings. The van der Waals surface area contributed by atoms with Gasteiger partial charge in [0.2, 0.25) is 0 Å². The van der Waals surface area contributed by atoms with E-state index in [1.165, 1.54) is 6.92 Å². The molecule has 4 nitrogen and oxygen atoms in total. The SMILES string of the molecule is CC(=O)/C(N=O)=C(/C)O. The third-order valence-electron chi connectivity index (χ3n) is 0.767. The summed E-state index contributed by atoms with van der Waals surface area (Å²) in [7, 11) is 0. The van der Waals surface area contributed by atoms with Gasteiger partial charge in [0.1, 0.15) is 5.76 Å². The van der Waals surface area contributed by atoms with Crippen LogP contribution in [0.1, 0.15) is 13.8 Å². The first-order valence-electron chi connectivity index (χ1n) is 2.33. The maximum Gasteiger partial charge on any atom is 0.187 e. The second-order valence-corrected chi connectivity index (χ2v) is 1.58. The van der Waals surface area contributed by atoms with Crippen LogP contribution in [-0.4, -0.2) is 10.9 Å². The zero-order valence-corrected chi connectivity index (χ0v) is 5.21. The highest BCUT2D eigenvalue weighted by Crippen LogP contribution is 2.02. The van der Waals surface area contributed by atoms with Gasteiger partial charge in [0.15, 0.2) is 11.5 Å². The minimum atomic E-state index is -0.523. The van der Waals surface area contributed by atoms with E-state index >= 15 is 0 Å². The molecule has 0 saturated heterocycles. The van der Waals surface area contributed by atoms with Crippen LogP contribution in [0.3, 0.4) is 0 Å². The van der Waals surface area contributed by atoms with Crippen LogP contribution < -0.4 is 0 Å². The molecule has 0 bridgehead atoms. The molecule has 0 aromatic heterocycles. The largest absolute Gasteiger partial charge is 0.510 e. The lowest BCUT2D eigenvalue weighted by molar-refractivity contribution is -0.113. The maximum atomic E-state index is 10.3. The molecule has 0 aliphatic rings. The van der Waals surface area contributed by atoms with Crippen LogP contribution in [-0.2, 0) is 4.79 Å². The highest BCUT2D eigenvalue weighted by molar-refractivity contribution is 5.93. The monoisotopic (exact) mass is 129 g/mol. The quantitative estimate of drug-likeness (QED) is 0.345. The van der Waals surface area contributed by atoms with Crippen molar-refractivity contribution in [3.63, 3.8) is 0 Å². The first kappa shape index (κ1) is 7.81. The molecule has 0 heterocycles. The van der Waals surface area contributed by atoms with Gasteiger partial charge in [0.05, 0.1) is 0 Å². The van der Waals surface area contributed by atoms with Gasteiger partial charge in [0.25, 0.3) is 0 Å². The van der Waals surface area contributed by atoms with Crippen molar-refractivity contribution in [2.24, 2.45) is 5.18 Å². The average Bonchev–Trinajstić information content (AvgIpc) is 1.64. The summed E-state index contributed by atoms with van der Waals surface area (Å²) in [4.78, 5) is 20.0. The van der Waals surface area contributed by atoms with Crippen molar-refractivity contribution in [3.05, 3.63) is 16.4 Å². The summed E-state index contributed by atoms with van der Waals surface area (Å²) < 4.78 is 0. The van der Waals surface area contributed by atoms with Gasteiger partial charge in [0, 0.05) is 6.92 Å². The summed E-state index contributed by atoms with van der Waals surface area (Å²) in [5.74, 6) is -0.859. The molecule has 0 saturated carbocycles. The van der Waals surface area contributed by atoms with Crippen LogP contribution in [0.15, 0.2) is 16.6 Å². The first-order valence-corrected chi connectivity index (χ1v) is 2.33. The van der Waals surface area contributed by atoms with E-state index < -0.39 is 11.5 Å². The normalized spacial score (nSPS) is 12.2. The van der Waals surface area contributed by atoms with Crippen molar-refractivity contribution in [2.45, 2.75) is 13.8 Å². The predicted molar refractivity (Wildman–Crippen MR) is 31.8 cm³/mol. The lowest BCUT2D eigenvalue weighted by atomic mass is 10.3. The van der Waals surface area contributed by atoms with E-state index in [1.54, 1.807) is 0 Å². The number of nitroso groups, excluding NO2 is 1. The molecule has 50 valence electrons. The van der Waals surface area contributed by atoms with E-state index in [0.717, 1.165) is 6.92 Å². The third-order valence-corrected chi connectivity index (χ3v) is 0.767. The standard InChI is InChI=1S/C5H7NO3/c1-3(7)5(6-9)4(2)8/h7H,1-2H3/b5-3+. The van der Waals surface area contributed by atoms with Crippen LogP contribution in [0.5, 0.6) is 0 Å². The zero-order valence-electron chi connectivity index (χ0n) is 5.21. The number of rotatable bonds is 2. The molecule has 0 aliphatic carbocycles. The Morgan fingerprint density at radius 1 is 1.44 bits per heavy atom. The third kappa shape index (κ3) is 2.03. The second kappa shape index (κ2) is 2.96. The van der Waals surface area contributed by atoms with Crippen molar-refractivity contribution in [2.75, 3.05) is 0 Å². The lowest BCUT2D eigenvalue weighted by Crippen LogP contribution is -1.95. The highest BCUT2D eigenvalue weighted by Gasteiger charge is 2.06. The first-order chi connectivity index (χ1) is 4.09. The van der Waals surface area contributed by atoms with Gasteiger partial charge < -0.3 is 5.11 Å². The van der Waals surface area contributed by atoms with Crippen LogP contribution in [0.2, 0.25) is 0 Å². The summed E-state index contributed by atoms with van der Waals surface area (Å²) >= 11 is 0. The summed E-state index contributed by atoms with van der Waals surface area (Å²) in [6, 6.07) is 0. The Labute approximate surface area is 52.2 Å². The minimum Gasteiger partial charge on any atom is -0.510 e. The Morgan fingerprint density at radius 3 is 1.89 bits per heavy atom. The Hall–Kier alpha value is -1.19. The Bertz CT molecular complexity index is 167. The lowest BCUT2D eigenvalue weighted by Gasteiger charge is -1.90. The molecule has 0 radical (unpaired) electrons. The molecular formula is C5H7NO3. The molecule has 0 spiro atoms. The van der Waals surface area contributed by atoms with E-state index in [0.29, 0.717) is 0 Å². The van der Waals surface area contributed by atoms with Crippen LogP contribution in [0.4, 0.5) is 0 Å². The van der Waals surface area contributed by atoms with Crippen molar-refractivity contribution in [1.29, 1.82) is 0 Å². The maximum absolute atomic E-state index is 10.3. The zero-order chi connectivity index (χ0) is 7.44. The van der Waals surface area contributed by atoms with E-state index in [9.17, 15) is 9.70 Å². The number of nitrogens with zero attached hydrogens (tertiary/aromatic N) is 1. The fourth-order valence-corrected chi connectivity index (χ4v) is 0.385. The van der Waals surface area contributed by atoms with Gasteiger partial charge in [-0.3, -0.25) is 4.79 Å². The van der Waals surface area contributed by atoms with Crippen molar-refractivity contribution >= 4 is 5.78 Å². The molecule has 9 heavy (non-hydrogen) atoms. The number of carbonyl (C=O) groups excluding carboxylic acids is 1. The summed E-state index contributed by atoms with van der Waals surface area (Å²) in [5.41, 5.74) is -0.407. The van der Waals surface area contributed by atoms with Crippen LogP contribution in [0, 0.1) is 4.91 Å². The van der Waals surface area contributed by atoms with E-state index in [-0.39, 0.29) is 5.76 Å². The van der Waals surface area contributed by atoms with E-state index in [4.69, 9.17) is 5.11 Å². The molecule has 0 aromatic carbocycles. The molecule has 4 heteroatoms. The smallest absolute Gasteiger partial charge is 0.187 e. The summed E-state index contributed by atoms with van der Waals surface area (Å²) in [5, 5.41) is 10.9. The summed E-state index contributed by atoms with van der Waals surface area (Å²) in [6.07, 6.45) is 0. The van der Waals surface area contributed by atoms with Crippen molar-refractivity contribution in [1.82, 2.24) is 0 Å². The van der Waals surface area contributed by atoms with Gasteiger partial charge in [-0.05, 0) is 12.1 Å². The molecule has 1 N–H and O–H groups in total. The van der Waals surface area contributed by atoms with Crippen molar-refractivity contribution < 1.29 is 9.90 Å². The van der Waals surface area contributed by atoms with Gasteiger partial charge in [-0.1, -0.05) is 0 Å². The number of allylic oxidation sites excluding steroid dienone is 2. The fourth-order valence-electron chi connectivity index (χ4n) is 0.385. The topological polar surface area (TPSA) is 66.7 Å². The van der Waals surface area contributed by atoms with Gasteiger partial charge >= 0.3 is 0 Å². The minimum absolute atomic E-state index is 0.336. The number of hydrogen-bond donors (Lipinski definition) is 1. The number of hydrogen-bond acceptors (Lipinski definition) is 4. The molecule has 0 amide bonds. The Balaban J connectivity index is 4.55. The predicted octanol–water partition coefficient (Wildman–Crippen LogP) is 1.13. The van der Waals surface area contributed by atoms with Crippen LogP contribution >= 0.6 is 0 Å². The van der Waals surface area contributed by atoms with Gasteiger partial charge in [-0.15, -0.1) is 4.91 Å². The number of Topliss-reactive ketones (excluding diaryl/α,β-unsaturated/α-hetero) is 1. The number of carbonyl (C=O) groups is 1. The Morgan fingerprint density at radius 2 is 1.89 bits per heavy atom. The molecule has 0 aromatic rings. The molecule has 0 rings (SSSR count). The van der Waals surface area contributed by atoms with Gasteiger partial charge in [-0.2, -0.15) is 0 Å². The number of aliphatic hydroxyl groups excluding tert-OH is 1. The molecule has 0 unspecified atom stereocenters.